The monoisotopic (exact) mass is 590 g/mol. The van der Waals surface area contributed by atoms with Gasteiger partial charge in [0.15, 0.2) is 23.1 Å². The Labute approximate surface area is 250 Å². The van der Waals surface area contributed by atoms with Crippen LogP contribution in [0.25, 0.3) is 11.1 Å². The van der Waals surface area contributed by atoms with Gasteiger partial charge in [-0.2, -0.15) is 0 Å². The Bertz CT molecular complexity index is 1870. The number of methoxy groups -OCH3 is 4. The third-order valence-corrected chi connectivity index (χ3v) is 7.80. The minimum Gasteiger partial charge on any atom is -0.495 e. The lowest BCUT2D eigenvalue weighted by Gasteiger charge is -2.28. The summed E-state index contributed by atoms with van der Waals surface area (Å²) >= 11 is 0. The summed E-state index contributed by atoms with van der Waals surface area (Å²) in [5, 5.41) is 0. The molecule has 0 aliphatic heterocycles. The molecule has 218 valence electrons. The molecule has 44 heavy (non-hydrogen) atoms. The summed E-state index contributed by atoms with van der Waals surface area (Å²) in [5.41, 5.74) is -1.26. The van der Waals surface area contributed by atoms with Crippen LogP contribution in [0.4, 0.5) is 0 Å². The largest absolute Gasteiger partial charge is 0.495 e. The van der Waals surface area contributed by atoms with E-state index in [-0.39, 0.29) is 78.3 Å². The Hall–Kier alpha value is -5.90. The van der Waals surface area contributed by atoms with Gasteiger partial charge in [0.25, 0.3) is 0 Å². The van der Waals surface area contributed by atoms with Gasteiger partial charge in [0.05, 0.1) is 28.4 Å². The predicted octanol–water partition coefficient (Wildman–Crippen LogP) is 4.49. The number of carbonyl (C=O) groups is 6. The van der Waals surface area contributed by atoms with Crippen LogP contribution >= 0.6 is 0 Å². The number of rotatable bonds is 5. The molecular formula is C34H22O10. The van der Waals surface area contributed by atoms with Crippen molar-refractivity contribution in [2.75, 3.05) is 28.4 Å². The van der Waals surface area contributed by atoms with Crippen LogP contribution in [0, 0.1) is 0 Å². The first-order valence-corrected chi connectivity index (χ1v) is 13.2. The Morgan fingerprint density at radius 3 is 1.07 bits per heavy atom. The third-order valence-electron chi connectivity index (χ3n) is 7.80. The van der Waals surface area contributed by atoms with Crippen LogP contribution in [-0.2, 0) is 9.47 Å². The summed E-state index contributed by atoms with van der Waals surface area (Å²) in [4.78, 5) is 82.5. The number of hydrogen-bond donors (Lipinski definition) is 0. The summed E-state index contributed by atoms with van der Waals surface area (Å²) in [6.45, 7) is 0. The average molecular weight is 591 g/mol. The van der Waals surface area contributed by atoms with Gasteiger partial charge < -0.3 is 18.9 Å². The normalized spacial score (nSPS) is 12.9. The lowest BCUT2D eigenvalue weighted by Crippen LogP contribution is -2.26. The molecule has 0 fully saturated rings. The van der Waals surface area contributed by atoms with Crippen molar-refractivity contribution in [3.05, 3.63) is 116 Å². The van der Waals surface area contributed by atoms with Gasteiger partial charge in [0.2, 0.25) is 0 Å². The van der Waals surface area contributed by atoms with Gasteiger partial charge in [-0.3, -0.25) is 19.2 Å². The second-order valence-electron chi connectivity index (χ2n) is 9.90. The molecule has 6 rings (SSSR count). The van der Waals surface area contributed by atoms with E-state index in [9.17, 15) is 28.8 Å². The maximum atomic E-state index is 14.2. The van der Waals surface area contributed by atoms with E-state index in [4.69, 9.17) is 18.9 Å². The molecule has 0 saturated heterocycles. The van der Waals surface area contributed by atoms with Gasteiger partial charge in [-0.05, 0) is 12.1 Å². The molecule has 0 bridgehead atoms. The standard InChI is InChI=1S/C34H22O10/c1-41-31-21(33(39)43-3)13-19-23(29(37)17-11-7-5-9-15(17)27(19)35)25(31)26-24-20(14-22(32(26)42-2)34(40)44-4)28(36)16-10-6-8-12-18(16)30(24)38/h5-14H,1-4H3. The molecule has 0 spiro atoms. The molecule has 0 unspecified atom stereocenters. The smallest absolute Gasteiger partial charge is 0.341 e. The number of esters is 2. The Morgan fingerprint density at radius 1 is 0.455 bits per heavy atom. The maximum Gasteiger partial charge on any atom is 0.341 e. The molecule has 0 saturated carbocycles. The molecule has 0 aromatic heterocycles. The highest BCUT2D eigenvalue weighted by atomic mass is 16.5. The minimum absolute atomic E-state index is 0.0730. The number of carbonyl (C=O) groups excluding carboxylic acids is 6. The van der Waals surface area contributed by atoms with Crippen LogP contribution in [0.1, 0.15) is 84.4 Å². The van der Waals surface area contributed by atoms with Crippen molar-refractivity contribution in [3.8, 4) is 22.6 Å². The fourth-order valence-corrected chi connectivity index (χ4v) is 5.90. The summed E-state index contributed by atoms with van der Waals surface area (Å²) in [6.07, 6.45) is 0. The first-order chi connectivity index (χ1) is 21.2. The number of hydrogen-bond acceptors (Lipinski definition) is 10. The van der Waals surface area contributed by atoms with Crippen LogP contribution < -0.4 is 9.47 Å². The average Bonchev–Trinajstić information content (AvgIpc) is 3.06. The van der Waals surface area contributed by atoms with E-state index in [1.54, 1.807) is 24.3 Å². The highest BCUT2D eigenvalue weighted by Crippen LogP contribution is 2.50. The molecule has 0 radical (unpaired) electrons. The summed E-state index contributed by atoms with van der Waals surface area (Å²) < 4.78 is 21.4. The van der Waals surface area contributed by atoms with Crippen molar-refractivity contribution in [2.24, 2.45) is 0 Å². The molecule has 0 N–H and O–H groups in total. The highest BCUT2D eigenvalue weighted by Gasteiger charge is 2.42. The number of ether oxygens (including phenoxy) is 4. The number of fused-ring (bicyclic) bond motifs is 4. The van der Waals surface area contributed by atoms with Gasteiger partial charge in [0.1, 0.15) is 22.6 Å². The van der Waals surface area contributed by atoms with Gasteiger partial charge in [-0.1, -0.05) is 48.5 Å². The first-order valence-electron chi connectivity index (χ1n) is 13.2. The van der Waals surface area contributed by atoms with Crippen LogP contribution in [0.15, 0.2) is 60.7 Å². The molecule has 2 aliphatic carbocycles. The molecule has 0 atom stereocenters. The van der Waals surface area contributed by atoms with Crippen molar-refractivity contribution in [1.29, 1.82) is 0 Å². The number of ketones is 4. The van der Waals surface area contributed by atoms with E-state index in [1.165, 1.54) is 50.6 Å². The van der Waals surface area contributed by atoms with E-state index in [2.05, 4.69) is 0 Å². The van der Waals surface area contributed by atoms with Gasteiger partial charge >= 0.3 is 11.9 Å². The van der Waals surface area contributed by atoms with E-state index >= 15 is 0 Å². The zero-order valence-electron chi connectivity index (χ0n) is 23.9. The Morgan fingerprint density at radius 2 is 0.773 bits per heavy atom. The molecule has 10 heteroatoms. The van der Waals surface area contributed by atoms with Crippen molar-refractivity contribution in [2.45, 2.75) is 0 Å². The first kappa shape index (κ1) is 28.2. The quantitative estimate of drug-likeness (QED) is 0.264. The van der Waals surface area contributed by atoms with Gasteiger partial charge in [-0.25, -0.2) is 9.59 Å². The van der Waals surface area contributed by atoms with Crippen molar-refractivity contribution < 1.29 is 47.7 Å². The fraction of sp³-hybridized carbons (Fsp3) is 0.118. The molecule has 0 amide bonds. The van der Waals surface area contributed by atoms with E-state index < -0.39 is 35.1 Å². The minimum atomic E-state index is -0.908. The summed E-state index contributed by atoms with van der Waals surface area (Å²) in [5.74, 6) is -4.67. The maximum absolute atomic E-state index is 14.2. The second kappa shape index (κ2) is 10.4. The predicted molar refractivity (Wildman–Crippen MR) is 154 cm³/mol. The van der Waals surface area contributed by atoms with Gasteiger partial charge in [0, 0.05) is 55.6 Å². The second-order valence-corrected chi connectivity index (χ2v) is 9.90. The van der Waals surface area contributed by atoms with E-state index in [0.29, 0.717) is 0 Å². The van der Waals surface area contributed by atoms with Crippen molar-refractivity contribution >= 4 is 35.1 Å². The topological polar surface area (TPSA) is 139 Å². The van der Waals surface area contributed by atoms with Crippen LogP contribution in [0.3, 0.4) is 0 Å². The number of benzene rings is 4. The molecular weight excluding hydrogens is 568 g/mol. The molecule has 10 nitrogen and oxygen atoms in total. The Balaban J connectivity index is 1.87. The fourth-order valence-electron chi connectivity index (χ4n) is 5.90. The lowest BCUT2D eigenvalue weighted by molar-refractivity contribution is 0.0587. The zero-order chi connectivity index (χ0) is 31.4. The lowest BCUT2D eigenvalue weighted by atomic mass is 9.74. The molecule has 4 aromatic carbocycles. The SMILES string of the molecule is COC(=O)c1cc2c(c(-c3c(OC)c(C(=O)OC)cc4c3C(=O)c3ccccc3C4=O)c1OC)C(=O)c1ccccc1C2=O. The molecule has 0 heterocycles. The van der Waals surface area contributed by atoms with Crippen molar-refractivity contribution in [1.82, 2.24) is 0 Å². The summed E-state index contributed by atoms with van der Waals surface area (Å²) in [6, 6.07) is 14.7. The van der Waals surface area contributed by atoms with Crippen LogP contribution in [0.2, 0.25) is 0 Å². The zero-order valence-corrected chi connectivity index (χ0v) is 23.9. The van der Waals surface area contributed by atoms with Crippen LogP contribution in [0.5, 0.6) is 11.5 Å². The van der Waals surface area contributed by atoms with Crippen molar-refractivity contribution in [3.63, 3.8) is 0 Å². The third kappa shape index (κ3) is 3.81. The Kier molecular flexibility index (Phi) is 6.69. The summed E-state index contributed by atoms with van der Waals surface area (Å²) in [7, 11) is 4.71. The van der Waals surface area contributed by atoms with E-state index in [1.807, 2.05) is 0 Å². The van der Waals surface area contributed by atoms with Crippen LogP contribution in [-0.4, -0.2) is 63.5 Å². The molecule has 4 aromatic rings. The highest BCUT2D eigenvalue weighted by molar-refractivity contribution is 6.35. The molecule has 2 aliphatic rings. The van der Waals surface area contributed by atoms with E-state index in [0.717, 1.165) is 14.2 Å². The van der Waals surface area contributed by atoms with Gasteiger partial charge in [-0.15, -0.1) is 0 Å².